The summed E-state index contributed by atoms with van der Waals surface area (Å²) in [5, 5.41) is 0.594. The van der Waals surface area contributed by atoms with Gasteiger partial charge in [-0.25, -0.2) is 0 Å². The predicted molar refractivity (Wildman–Crippen MR) is 75.2 cm³/mol. The van der Waals surface area contributed by atoms with Gasteiger partial charge in [0.1, 0.15) is 5.75 Å². The summed E-state index contributed by atoms with van der Waals surface area (Å²) in [6.07, 6.45) is -4.19. The fourth-order valence-electron chi connectivity index (χ4n) is 1.94. The molecule has 2 aromatic carbocycles. The van der Waals surface area contributed by atoms with Gasteiger partial charge < -0.3 is 10.5 Å². The Kier molecular flexibility index (Phi) is 4.75. The molecule has 0 fully saturated rings. The molecule has 0 heterocycles. The Bertz CT molecular complexity index is 599. The first-order valence-electron chi connectivity index (χ1n) is 6.19. The van der Waals surface area contributed by atoms with E-state index in [1.165, 1.54) is 12.1 Å². The fourth-order valence-corrected chi connectivity index (χ4v) is 2.13. The van der Waals surface area contributed by atoms with E-state index in [4.69, 9.17) is 17.3 Å². The Balaban J connectivity index is 2.03. The van der Waals surface area contributed by atoms with Gasteiger partial charge in [0.2, 0.25) is 0 Å². The first-order chi connectivity index (χ1) is 9.83. The van der Waals surface area contributed by atoms with Crippen LogP contribution in [0.25, 0.3) is 0 Å². The van der Waals surface area contributed by atoms with Crippen LogP contribution in [0.4, 0.5) is 13.2 Å². The predicted octanol–water partition coefficient (Wildman–Crippen LogP) is 4.48. The second-order valence-electron chi connectivity index (χ2n) is 4.56. The largest absolute Gasteiger partial charge is 0.573 e. The SMILES string of the molecule is NC(Cc1ccc(OC(F)(F)F)cc1)c1cccc(Cl)c1. The van der Waals surface area contributed by atoms with Crippen LogP contribution in [0.3, 0.4) is 0 Å². The average Bonchev–Trinajstić information content (AvgIpc) is 2.39. The highest BCUT2D eigenvalue weighted by Gasteiger charge is 2.30. The van der Waals surface area contributed by atoms with Crippen LogP contribution in [-0.4, -0.2) is 6.36 Å². The van der Waals surface area contributed by atoms with Crippen LogP contribution >= 0.6 is 11.6 Å². The Labute approximate surface area is 125 Å². The van der Waals surface area contributed by atoms with E-state index in [0.29, 0.717) is 11.4 Å². The molecule has 0 amide bonds. The van der Waals surface area contributed by atoms with Crippen molar-refractivity contribution in [3.05, 3.63) is 64.7 Å². The number of halogens is 4. The maximum Gasteiger partial charge on any atom is 0.573 e. The molecule has 2 nitrogen and oxygen atoms in total. The molecule has 0 bridgehead atoms. The number of hydrogen-bond acceptors (Lipinski definition) is 2. The van der Waals surface area contributed by atoms with Crippen molar-refractivity contribution < 1.29 is 17.9 Å². The van der Waals surface area contributed by atoms with Crippen molar-refractivity contribution >= 4 is 11.6 Å². The summed E-state index contributed by atoms with van der Waals surface area (Å²) >= 11 is 5.90. The van der Waals surface area contributed by atoms with Gasteiger partial charge in [-0.2, -0.15) is 0 Å². The van der Waals surface area contributed by atoms with Crippen molar-refractivity contribution in [3.63, 3.8) is 0 Å². The highest BCUT2D eigenvalue weighted by atomic mass is 35.5. The monoisotopic (exact) mass is 315 g/mol. The fraction of sp³-hybridized carbons (Fsp3) is 0.200. The lowest BCUT2D eigenvalue weighted by atomic mass is 10.00. The summed E-state index contributed by atoms with van der Waals surface area (Å²) in [4.78, 5) is 0. The summed E-state index contributed by atoms with van der Waals surface area (Å²) in [6.45, 7) is 0. The molecule has 0 spiro atoms. The van der Waals surface area contributed by atoms with Crippen molar-refractivity contribution in [3.8, 4) is 5.75 Å². The zero-order chi connectivity index (χ0) is 15.5. The van der Waals surface area contributed by atoms with E-state index in [-0.39, 0.29) is 11.8 Å². The first kappa shape index (κ1) is 15.7. The summed E-state index contributed by atoms with van der Waals surface area (Å²) in [6, 6.07) is 12.6. The minimum Gasteiger partial charge on any atom is -0.406 e. The number of alkyl halides is 3. The zero-order valence-electron chi connectivity index (χ0n) is 10.9. The van der Waals surface area contributed by atoms with Crippen LogP contribution in [0, 0.1) is 0 Å². The highest BCUT2D eigenvalue weighted by molar-refractivity contribution is 6.30. The maximum atomic E-state index is 12.1. The van der Waals surface area contributed by atoms with E-state index < -0.39 is 6.36 Å². The Morgan fingerprint density at radius 2 is 1.76 bits per heavy atom. The quantitative estimate of drug-likeness (QED) is 0.902. The topological polar surface area (TPSA) is 35.2 Å². The zero-order valence-corrected chi connectivity index (χ0v) is 11.7. The van der Waals surface area contributed by atoms with Crippen LogP contribution in [-0.2, 0) is 6.42 Å². The highest BCUT2D eigenvalue weighted by Crippen LogP contribution is 2.24. The van der Waals surface area contributed by atoms with Gasteiger partial charge >= 0.3 is 6.36 Å². The molecule has 6 heteroatoms. The van der Waals surface area contributed by atoms with Crippen LogP contribution in [0.2, 0.25) is 5.02 Å². The van der Waals surface area contributed by atoms with Crippen LogP contribution in [0.5, 0.6) is 5.75 Å². The molecule has 0 aliphatic heterocycles. The van der Waals surface area contributed by atoms with Crippen LogP contribution in [0.15, 0.2) is 48.5 Å². The smallest absolute Gasteiger partial charge is 0.406 e. The lowest BCUT2D eigenvalue weighted by Gasteiger charge is -2.13. The molecule has 0 radical (unpaired) electrons. The molecule has 0 saturated heterocycles. The molecule has 0 saturated carbocycles. The van der Waals surface area contributed by atoms with Crippen molar-refractivity contribution in [2.75, 3.05) is 0 Å². The van der Waals surface area contributed by atoms with Gasteiger partial charge in [0.15, 0.2) is 0 Å². The van der Waals surface area contributed by atoms with E-state index in [9.17, 15) is 13.2 Å². The summed E-state index contributed by atoms with van der Waals surface area (Å²) in [5.41, 5.74) is 7.76. The van der Waals surface area contributed by atoms with Gasteiger partial charge in [-0.3, -0.25) is 0 Å². The third kappa shape index (κ3) is 4.95. The second kappa shape index (κ2) is 6.37. The third-order valence-electron chi connectivity index (χ3n) is 2.89. The molecule has 0 aliphatic rings. The molecular formula is C15H13ClF3NO. The summed E-state index contributed by atoms with van der Waals surface area (Å²) in [7, 11) is 0. The van der Waals surface area contributed by atoms with E-state index in [1.807, 2.05) is 6.07 Å². The minimum atomic E-state index is -4.68. The molecule has 112 valence electrons. The molecule has 0 aromatic heterocycles. The van der Waals surface area contributed by atoms with Crippen molar-refractivity contribution in [2.45, 2.75) is 18.8 Å². The van der Waals surface area contributed by atoms with Gasteiger partial charge in [-0.15, -0.1) is 13.2 Å². The van der Waals surface area contributed by atoms with E-state index >= 15 is 0 Å². The summed E-state index contributed by atoms with van der Waals surface area (Å²) in [5.74, 6) is -0.248. The van der Waals surface area contributed by atoms with Crippen molar-refractivity contribution in [2.24, 2.45) is 5.73 Å². The van der Waals surface area contributed by atoms with Crippen molar-refractivity contribution in [1.29, 1.82) is 0 Å². The number of rotatable bonds is 4. The second-order valence-corrected chi connectivity index (χ2v) is 4.99. The van der Waals surface area contributed by atoms with Gasteiger partial charge in [0.25, 0.3) is 0 Å². The van der Waals surface area contributed by atoms with Gasteiger partial charge in [0, 0.05) is 11.1 Å². The standard InChI is InChI=1S/C15H13ClF3NO/c16-12-3-1-2-11(9-12)14(20)8-10-4-6-13(7-5-10)21-15(17,18)19/h1-7,9,14H,8,20H2. The number of hydrogen-bond donors (Lipinski definition) is 1. The molecule has 21 heavy (non-hydrogen) atoms. The average molecular weight is 316 g/mol. The Hall–Kier alpha value is -1.72. The molecule has 1 unspecified atom stereocenters. The number of ether oxygens (including phenoxy) is 1. The van der Waals surface area contributed by atoms with Crippen molar-refractivity contribution in [1.82, 2.24) is 0 Å². The number of benzene rings is 2. The summed E-state index contributed by atoms with van der Waals surface area (Å²) < 4.78 is 40.0. The van der Waals surface area contributed by atoms with E-state index in [0.717, 1.165) is 11.1 Å². The minimum absolute atomic E-state index is 0.248. The Morgan fingerprint density at radius 1 is 1.10 bits per heavy atom. The van der Waals surface area contributed by atoms with Crippen LogP contribution in [0.1, 0.15) is 17.2 Å². The lowest BCUT2D eigenvalue weighted by molar-refractivity contribution is -0.274. The molecule has 2 N–H and O–H groups in total. The third-order valence-corrected chi connectivity index (χ3v) is 3.12. The van der Waals surface area contributed by atoms with E-state index in [2.05, 4.69) is 4.74 Å². The molecule has 2 rings (SSSR count). The first-order valence-corrected chi connectivity index (χ1v) is 6.57. The molecule has 2 aromatic rings. The van der Waals surface area contributed by atoms with Gasteiger partial charge in [-0.1, -0.05) is 35.9 Å². The lowest BCUT2D eigenvalue weighted by Crippen LogP contribution is -2.17. The molecule has 0 aliphatic carbocycles. The van der Waals surface area contributed by atoms with E-state index in [1.54, 1.807) is 30.3 Å². The van der Waals surface area contributed by atoms with Crippen LogP contribution < -0.4 is 10.5 Å². The number of nitrogens with two attached hydrogens (primary N) is 1. The maximum absolute atomic E-state index is 12.1. The van der Waals surface area contributed by atoms with Gasteiger partial charge in [-0.05, 0) is 41.8 Å². The Morgan fingerprint density at radius 3 is 2.33 bits per heavy atom. The normalized spacial score (nSPS) is 13.0. The van der Waals surface area contributed by atoms with Gasteiger partial charge in [0.05, 0.1) is 0 Å². The molecular weight excluding hydrogens is 303 g/mol. The molecule has 1 atom stereocenters.